The third kappa shape index (κ3) is 5.25. The Labute approximate surface area is 252 Å². The van der Waals surface area contributed by atoms with E-state index in [1.165, 1.54) is 80.0 Å². The molecule has 4 aromatic rings. The molecule has 0 unspecified atom stereocenters. The van der Waals surface area contributed by atoms with E-state index < -0.39 is 20.8 Å². The van der Waals surface area contributed by atoms with E-state index in [9.17, 15) is 0 Å². The van der Waals surface area contributed by atoms with Crippen molar-refractivity contribution in [3.63, 3.8) is 0 Å². The first-order valence-electron chi connectivity index (χ1n) is 13.0. The molecule has 4 aliphatic carbocycles. The Morgan fingerprint density at radius 2 is 0.538 bits per heavy atom. The molecule has 0 saturated heterocycles. The van der Waals surface area contributed by atoms with Crippen molar-refractivity contribution in [1.82, 2.24) is 0 Å². The van der Waals surface area contributed by atoms with Crippen molar-refractivity contribution >= 4 is 17.0 Å². The Balaban J connectivity index is 0.000000129. The summed E-state index contributed by atoms with van der Waals surface area (Å²) in [6, 6.07) is 34.8. The molecule has 0 bridgehead atoms. The molecule has 3 heteroatoms. The predicted molar refractivity (Wildman–Crippen MR) is 160 cm³/mol. The molecule has 0 amide bonds. The van der Waals surface area contributed by atoms with Gasteiger partial charge in [-0.05, 0) is 82.0 Å². The Morgan fingerprint density at radius 3 is 0.744 bits per heavy atom. The molecule has 0 spiro atoms. The van der Waals surface area contributed by atoms with Gasteiger partial charge in [0.15, 0.2) is 0 Å². The molecule has 0 heterocycles. The van der Waals surface area contributed by atoms with E-state index in [4.69, 9.17) is 17.0 Å². The first-order chi connectivity index (χ1) is 19.1. The summed E-state index contributed by atoms with van der Waals surface area (Å²) in [5.41, 5.74) is 10.9. The second-order valence-electron chi connectivity index (χ2n) is 9.97. The van der Waals surface area contributed by atoms with Gasteiger partial charge >= 0.3 is 37.9 Å². The third-order valence-electron chi connectivity index (χ3n) is 7.52. The monoisotopic (exact) mass is 618 g/mol. The van der Waals surface area contributed by atoms with E-state index in [-0.39, 0.29) is 0 Å². The second-order valence-corrected chi connectivity index (χ2v) is 13.7. The third-order valence-corrected chi connectivity index (χ3v) is 7.52. The fraction of sp³-hybridized carbons (Fsp3) is 0.0556. The molecule has 8 rings (SSSR count). The van der Waals surface area contributed by atoms with Crippen LogP contribution in [0.2, 0.25) is 0 Å². The van der Waals surface area contributed by atoms with Gasteiger partial charge in [-0.1, -0.05) is 111 Å². The van der Waals surface area contributed by atoms with E-state index in [2.05, 4.69) is 137 Å². The van der Waals surface area contributed by atoms with Gasteiger partial charge in [0.1, 0.15) is 0 Å². The molecule has 0 nitrogen and oxygen atoms in total. The Hall–Kier alpha value is -1.66. The number of halogens is 2. The van der Waals surface area contributed by atoms with Gasteiger partial charge in [0, 0.05) is 23.7 Å². The maximum atomic E-state index is 4.93. The summed E-state index contributed by atoms with van der Waals surface area (Å²) in [7, 11) is 9.87. The van der Waals surface area contributed by atoms with E-state index in [0.29, 0.717) is 0 Å². The summed E-state index contributed by atoms with van der Waals surface area (Å²) < 4.78 is 0. The molecule has 2 fully saturated rings. The van der Waals surface area contributed by atoms with Crippen LogP contribution in [0, 0.1) is 61.2 Å². The van der Waals surface area contributed by atoms with Crippen LogP contribution in [0.25, 0.3) is 22.3 Å². The molecule has 0 aromatic heterocycles. The van der Waals surface area contributed by atoms with Crippen LogP contribution in [0.5, 0.6) is 0 Å². The van der Waals surface area contributed by atoms with Crippen LogP contribution in [0.15, 0.2) is 97.1 Å². The SMILES string of the molecule is C[C]1[CH][C]2[C]([CH]1)c1ccccc1-c1ccccc12.C[C]1[CH][C]2[C]([CH]1)c1ccccc1-c1ccccc12.[Cl][Zr+2][Cl]. The Bertz CT molecular complexity index is 1230. The molecular weight excluding hydrogens is 595 g/mol. The predicted octanol–water partition coefficient (Wildman–Crippen LogP) is 9.83. The van der Waals surface area contributed by atoms with Gasteiger partial charge < -0.3 is 0 Å². The van der Waals surface area contributed by atoms with Crippen molar-refractivity contribution in [3.8, 4) is 22.3 Å². The van der Waals surface area contributed by atoms with Crippen LogP contribution in [0.4, 0.5) is 0 Å². The van der Waals surface area contributed by atoms with Crippen molar-refractivity contribution in [2.24, 2.45) is 0 Å². The Morgan fingerprint density at radius 1 is 0.359 bits per heavy atom. The normalized spacial score (nSPS) is 18.2. The number of hydrogen-bond acceptors (Lipinski definition) is 0. The second kappa shape index (κ2) is 12.1. The van der Waals surface area contributed by atoms with Crippen LogP contribution >= 0.6 is 17.0 Å². The van der Waals surface area contributed by atoms with Gasteiger partial charge in [0.2, 0.25) is 0 Å². The molecule has 186 valence electrons. The zero-order valence-corrected chi connectivity index (χ0v) is 25.8. The zero-order valence-electron chi connectivity index (χ0n) is 21.8. The average Bonchev–Trinajstić information content (AvgIpc) is 3.57. The van der Waals surface area contributed by atoms with E-state index in [1.54, 1.807) is 0 Å². The number of rotatable bonds is 0. The van der Waals surface area contributed by atoms with E-state index >= 15 is 0 Å². The molecular formula is C36H26Cl2Zr+2. The zero-order chi connectivity index (χ0) is 26.9. The van der Waals surface area contributed by atoms with Crippen molar-refractivity contribution in [2.75, 3.05) is 0 Å². The number of benzene rings is 4. The van der Waals surface area contributed by atoms with Gasteiger partial charge in [0.05, 0.1) is 0 Å². The number of fused-ring (bicyclic) bond motifs is 12. The van der Waals surface area contributed by atoms with Crippen molar-refractivity contribution in [1.29, 1.82) is 0 Å². The van der Waals surface area contributed by atoms with Crippen LogP contribution in [-0.4, -0.2) is 0 Å². The van der Waals surface area contributed by atoms with Crippen LogP contribution in [0.1, 0.15) is 36.1 Å². The topological polar surface area (TPSA) is 0 Å². The van der Waals surface area contributed by atoms with Gasteiger partial charge in [-0.3, -0.25) is 0 Å². The molecule has 0 N–H and O–H groups in total. The van der Waals surface area contributed by atoms with Crippen molar-refractivity contribution in [2.45, 2.75) is 13.8 Å². The average molecular weight is 621 g/mol. The molecule has 39 heavy (non-hydrogen) atoms. The van der Waals surface area contributed by atoms with Gasteiger partial charge in [-0.2, -0.15) is 0 Å². The first-order valence-corrected chi connectivity index (χ1v) is 19.3. The van der Waals surface area contributed by atoms with Crippen LogP contribution in [0.3, 0.4) is 0 Å². The first kappa shape index (κ1) is 27.5. The van der Waals surface area contributed by atoms with E-state index in [1.807, 2.05) is 0 Å². The molecule has 0 aliphatic heterocycles. The molecule has 4 aliphatic rings. The minimum absolute atomic E-state index is 0.826. The Kier molecular flexibility index (Phi) is 8.51. The van der Waals surface area contributed by atoms with E-state index in [0.717, 1.165) is 0 Å². The van der Waals surface area contributed by atoms with Crippen LogP contribution < -0.4 is 0 Å². The summed E-state index contributed by atoms with van der Waals surface area (Å²) in [6.07, 6.45) is 9.18. The summed E-state index contributed by atoms with van der Waals surface area (Å²) in [4.78, 5) is 0. The molecule has 4 aromatic carbocycles. The van der Waals surface area contributed by atoms with Crippen molar-refractivity contribution < 1.29 is 20.8 Å². The van der Waals surface area contributed by atoms with Gasteiger partial charge in [-0.25, -0.2) is 0 Å². The standard InChI is InChI=1S/2C18H13.2ClH.Zr/c2*1-12-10-17-15-8-4-2-6-13(15)14-7-3-5-9-16(14)18(17)11-12;;;/h2*2-11H,1H3;2*1H;/q;;;;+4/p-2. The summed E-state index contributed by atoms with van der Waals surface area (Å²) in [6.45, 7) is 4.34. The van der Waals surface area contributed by atoms with Crippen molar-refractivity contribution in [3.05, 3.63) is 181 Å². The number of hydrogen-bond donors (Lipinski definition) is 0. The van der Waals surface area contributed by atoms with Gasteiger partial charge in [-0.15, -0.1) is 0 Å². The molecule has 2 saturated carbocycles. The van der Waals surface area contributed by atoms with Gasteiger partial charge in [0.25, 0.3) is 0 Å². The minimum atomic E-state index is -0.826. The summed E-state index contributed by atoms with van der Waals surface area (Å²) >= 11 is -0.826. The van der Waals surface area contributed by atoms with Crippen LogP contribution in [-0.2, 0) is 20.8 Å². The maximum absolute atomic E-state index is 4.93. The molecule has 0 atom stereocenters. The fourth-order valence-electron chi connectivity index (χ4n) is 6.01. The molecule has 10 radical (unpaired) electrons. The summed E-state index contributed by atoms with van der Waals surface area (Å²) in [5.74, 6) is 8.19. The summed E-state index contributed by atoms with van der Waals surface area (Å²) in [5, 5.41) is 0. The quantitative estimate of drug-likeness (QED) is 0.184. The fourth-order valence-corrected chi connectivity index (χ4v) is 6.01.